The van der Waals surface area contributed by atoms with E-state index < -0.39 is 0 Å². The molecule has 0 radical (unpaired) electrons. The monoisotopic (exact) mass is 249 g/mol. The third-order valence-corrected chi connectivity index (χ3v) is 3.27. The third-order valence-electron chi connectivity index (χ3n) is 3.27. The van der Waals surface area contributed by atoms with Crippen LogP contribution < -0.4 is 15.5 Å². The van der Waals surface area contributed by atoms with E-state index in [1.165, 1.54) is 12.8 Å². The highest BCUT2D eigenvalue weighted by Crippen LogP contribution is 2.18. The number of anilines is 2. The van der Waals surface area contributed by atoms with Crippen molar-refractivity contribution in [3.8, 4) is 0 Å². The van der Waals surface area contributed by atoms with Crippen LogP contribution in [0, 0.1) is 0 Å². The lowest BCUT2D eigenvalue weighted by Crippen LogP contribution is -2.44. The van der Waals surface area contributed by atoms with Crippen molar-refractivity contribution in [3.63, 3.8) is 0 Å². The molecule has 0 saturated carbocycles. The van der Waals surface area contributed by atoms with Gasteiger partial charge in [0.2, 0.25) is 0 Å². The van der Waals surface area contributed by atoms with Gasteiger partial charge in [-0.05, 0) is 33.2 Å². The number of likely N-dealkylation sites (N-methyl/N-ethyl adjacent to an activating group) is 1. The highest BCUT2D eigenvalue weighted by atomic mass is 15.2. The molecule has 1 aliphatic rings. The van der Waals surface area contributed by atoms with Gasteiger partial charge in [0.05, 0.1) is 0 Å². The predicted octanol–water partition coefficient (Wildman–Crippen LogP) is 1.49. The van der Waals surface area contributed by atoms with Crippen LogP contribution in [0.1, 0.15) is 26.7 Å². The number of piperidine rings is 1. The molecule has 1 aromatic rings. The summed E-state index contributed by atoms with van der Waals surface area (Å²) in [6.07, 6.45) is 4.09. The lowest BCUT2D eigenvalue weighted by molar-refractivity contribution is 0.443. The van der Waals surface area contributed by atoms with E-state index in [2.05, 4.69) is 46.4 Å². The second kappa shape index (κ2) is 6.00. The number of aromatic nitrogens is 2. The van der Waals surface area contributed by atoms with Gasteiger partial charge in [-0.2, -0.15) is 0 Å². The third kappa shape index (κ3) is 3.32. The molecule has 18 heavy (non-hydrogen) atoms. The number of nitrogens with one attached hydrogen (secondary N) is 2. The number of hydrogen-bond donors (Lipinski definition) is 2. The van der Waals surface area contributed by atoms with Gasteiger partial charge in [-0.3, -0.25) is 0 Å². The maximum atomic E-state index is 4.37. The van der Waals surface area contributed by atoms with Crippen molar-refractivity contribution in [2.45, 2.75) is 38.8 Å². The summed E-state index contributed by atoms with van der Waals surface area (Å²) in [5.74, 6) is 1.88. The Morgan fingerprint density at radius 1 is 1.44 bits per heavy atom. The van der Waals surface area contributed by atoms with Crippen LogP contribution in [-0.2, 0) is 0 Å². The SMILES string of the molecule is CC(C)Nc1cc(N(C)C2CCCNC2)ncn1. The number of nitrogens with zero attached hydrogens (tertiary/aromatic N) is 3. The van der Waals surface area contributed by atoms with E-state index in [1.807, 2.05) is 6.07 Å². The van der Waals surface area contributed by atoms with Crippen molar-refractivity contribution >= 4 is 11.6 Å². The largest absolute Gasteiger partial charge is 0.368 e. The van der Waals surface area contributed by atoms with Crippen molar-refractivity contribution in [1.29, 1.82) is 0 Å². The Balaban J connectivity index is 2.06. The van der Waals surface area contributed by atoms with Crippen LogP contribution in [0.4, 0.5) is 11.6 Å². The van der Waals surface area contributed by atoms with E-state index in [0.717, 1.165) is 24.7 Å². The Labute approximate surface area is 109 Å². The van der Waals surface area contributed by atoms with Crippen LogP contribution in [0.25, 0.3) is 0 Å². The molecule has 0 aromatic carbocycles. The van der Waals surface area contributed by atoms with Gasteiger partial charge in [0.15, 0.2) is 0 Å². The van der Waals surface area contributed by atoms with Crippen LogP contribution in [0.2, 0.25) is 0 Å². The lowest BCUT2D eigenvalue weighted by atomic mass is 10.1. The van der Waals surface area contributed by atoms with Gasteiger partial charge >= 0.3 is 0 Å². The Bertz CT molecular complexity index is 373. The molecule has 100 valence electrons. The van der Waals surface area contributed by atoms with Gasteiger partial charge in [-0.1, -0.05) is 0 Å². The molecule has 5 heteroatoms. The zero-order valence-corrected chi connectivity index (χ0v) is 11.5. The average molecular weight is 249 g/mol. The molecule has 2 N–H and O–H groups in total. The number of hydrogen-bond acceptors (Lipinski definition) is 5. The minimum Gasteiger partial charge on any atom is -0.368 e. The van der Waals surface area contributed by atoms with Gasteiger partial charge in [-0.15, -0.1) is 0 Å². The molecule has 1 aliphatic heterocycles. The quantitative estimate of drug-likeness (QED) is 0.846. The standard InChI is InChI=1S/C13H23N5/c1-10(2)17-12-7-13(16-9-15-12)18(3)11-5-4-6-14-8-11/h7,9-11,14H,4-6,8H2,1-3H3,(H,15,16,17). The first kappa shape index (κ1) is 13.1. The molecule has 1 aromatic heterocycles. The van der Waals surface area contributed by atoms with E-state index in [1.54, 1.807) is 6.33 Å². The van der Waals surface area contributed by atoms with Gasteiger partial charge in [0.25, 0.3) is 0 Å². The zero-order valence-electron chi connectivity index (χ0n) is 11.5. The maximum absolute atomic E-state index is 4.37. The fourth-order valence-corrected chi connectivity index (χ4v) is 2.27. The first-order valence-corrected chi connectivity index (χ1v) is 6.69. The van der Waals surface area contributed by atoms with Crippen molar-refractivity contribution in [2.75, 3.05) is 30.4 Å². The topological polar surface area (TPSA) is 53.1 Å². The second-order valence-electron chi connectivity index (χ2n) is 5.17. The molecule has 0 amide bonds. The Morgan fingerprint density at radius 3 is 2.94 bits per heavy atom. The molecular formula is C13H23N5. The van der Waals surface area contributed by atoms with E-state index in [4.69, 9.17) is 0 Å². The van der Waals surface area contributed by atoms with Gasteiger partial charge < -0.3 is 15.5 Å². The molecule has 0 bridgehead atoms. The molecule has 1 atom stereocenters. The minimum absolute atomic E-state index is 0.384. The number of rotatable bonds is 4. The summed E-state index contributed by atoms with van der Waals surface area (Å²) in [7, 11) is 2.11. The molecule has 2 rings (SSSR count). The molecular weight excluding hydrogens is 226 g/mol. The van der Waals surface area contributed by atoms with Crippen LogP contribution in [0.3, 0.4) is 0 Å². The van der Waals surface area contributed by atoms with E-state index >= 15 is 0 Å². The molecule has 5 nitrogen and oxygen atoms in total. The minimum atomic E-state index is 0.384. The lowest BCUT2D eigenvalue weighted by Gasteiger charge is -2.32. The Morgan fingerprint density at radius 2 is 2.28 bits per heavy atom. The van der Waals surface area contributed by atoms with Gasteiger partial charge in [0.1, 0.15) is 18.0 Å². The van der Waals surface area contributed by atoms with Crippen molar-refractivity contribution in [2.24, 2.45) is 0 Å². The van der Waals surface area contributed by atoms with Crippen LogP contribution >= 0.6 is 0 Å². The van der Waals surface area contributed by atoms with Crippen LogP contribution in [0.5, 0.6) is 0 Å². The summed E-state index contributed by atoms with van der Waals surface area (Å²) in [5.41, 5.74) is 0. The van der Waals surface area contributed by atoms with Crippen molar-refractivity contribution in [3.05, 3.63) is 12.4 Å². The van der Waals surface area contributed by atoms with Gasteiger partial charge in [-0.25, -0.2) is 9.97 Å². The normalized spacial score (nSPS) is 19.9. The van der Waals surface area contributed by atoms with Crippen LogP contribution in [-0.4, -0.2) is 42.2 Å². The Hall–Kier alpha value is -1.36. The fraction of sp³-hybridized carbons (Fsp3) is 0.692. The fourth-order valence-electron chi connectivity index (χ4n) is 2.27. The van der Waals surface area contributed by atoms with Gasteiger partial charge in [0, 0.05) is 31.7 Å². The molecule has 2 heterocycles. The first-order chi connectivity index (χ1) is 8.66. The summed E-state index contributed by atoms with van der Waals surface area (Å²) in [6, 6.07) is 2.93. The smallest absolute Gasteiger partial charge is 0.134 e. The summed E-state index contributed by atoms with van der Waals surface area (Å²) >= 11 is 0. The second-order valence-corrected chi connectivity index (χ2v) is 5.17. The van der Waals surface area contributed by atoms with Crippen LogP contribution in [0.15, 0.2) is 12.4 Å². The summed E-state index contributed by atoms with van der Waals surface area (Å²) in [5, 5.41) is 6.74. The highest BCUT2D eigenvalue weighted by molar-refractivity contribution is 5.49. The predicted molar refractivity (Wildman–Crippen MR) is 75.1 cm³/mol. The molecule has 1 saturated heterocycles. The summed E-state index contributed by atoms with van der Waals surface area (Å²) in [6.45, 7) is 6.38. The highest BCUT2D eigenvalue weighted by Gasteiger charge is 2.19. The van der Waals surface area contributed by atoms with Crippen molar-refractivity contribution in [1.82, 2.24) is 15.3 Å². The average Bonchev–Trinajstić information content (AvgIpc) is 2.38. The van der Waals surface area contributed by atoms with Crippen molar-refractivity contribution < 1.29 is 0 Å². The molecule has 1 unspecified atom stereocenters. The first-order valence-electron chi connectivity index (χ1n) is 6.69. The molecule has 0 aliphatic carbocycles. The summed E-state index contributed by atoms with van der Waals surface area (Å²) in [4.78, 5) is 10.9. The molecule has 0 spiro atoms. The summed E-state index contributed by atoms with van der Waals surface area (Å²) < 4.78 is 0. The zero-order chi connectivity index (χ0) is 13.0. The van der Waals surface area contributed by atoms with E-state index in [0.29, 0.717) is 12.1 Å². The van der Waals surface area contributed by atoms with E-state index in [9.17, 15) is 0 Å². The Kier molecular flexibility index (Phi) is 4.36. The van der Waals surface area contributed by atoms with E-state index in [-0.39, 0.29) is 0 Å². The molecule has 1 fully saturated rings. The maximum Gasteiger partial charge on any atom is 0.134 e.